The van der Waals surface area contributed by atoms with E-state index in [1.54, 1.807) is 0 Å². The van der Waals surface area contributed by atoms with Crippen LogP contribution in [0.1, 0.15) is 37.7 Å². The number of ether oxygens (including phenoxy) is 2. The second-order valence-electron chi connectivity index (χ2n) is 7.99. The lowest BCUT2D eigenvalue weighted by molar-refractivity contribution is 0.106. The summed E-state index contributed by atoms with van der Waals surface area (Å²) in [5, 5.41) is 22.3. The van der Waals surface area contributed by atoms with E-state index in [0.29, 0.717) is 12.5 Å². The van der Waals surface area contributed by atoms with Gasteiger partial charge in [-0.1, -0.05) is 31.4 Å². The van der Waals surface area contributed by atoms with Gasteiger partial charge in [0.25, 0.3) is 0 Å². The first-order valence-corrected chi connectivity index (χ1v) is 10.8. The first-order valence-electron chi connectivity index (χ1n) is 10.8. The van der Waals surface area contributed by atoms with E-state index in [1.807, 2.05) is 12.1 Å². The zero-order valence-electron chi connectivity index (χ0n) is 17.4. The molecule has 2 aromatic carbocycles. The van der Waals surface area contributed by atoms with Crippen molar-refractivity contribution in [3.05, 3.63) is 53.8 Å². The number of hydrogen-bond donors (Lipinski definition) is 3. The SMILES string of the molecule is Oc1ccc(OC[C@@H](O)CNCCc2ccc(OCC3CCCCC3)cc2)cc1F. The van der Waals surface area contributed by atoms with Crippen LogP contribution in [-0.2, 0) is 6.42 Å². The summed E-state index contributed by atoms with van der Waals surface area (Å²) in [6.07, 6.45) is 6.73. The minimum Gasteiger partial charge on any atom is -0.505 e. The molecule has 3 N–H and O–H groups in total. The lowest BCUT2D eigenvalue weighted by Crippen LogP contribution is -2.32. The third kappa shape index (κ3) is 7.50. The van der Waals surface area contributed by atoms with Gasteiger partial charge < -0.3 is 25.0 Å². The Labute approximate surface area is 177 Å². The predicted octanol–water partition coefficient (Wildman–Crippen LogP) is 4.06. The summed E-state index contributed by atoms with van der Waals surface area (Å²) in [6.45, 7) is 1.97. The van der Waals surface area contributed by atoms with Crippen LogP contribution in [0.4, 0.5) is 4.39 Å². The van der Waals surface area contributed by atoms with E-state index < -0.39 is 17.7 Å². The summed E-state index contributed by atoms with van der Waals surface area (Å²) in [6, 6.07) is 12.0. The molecule has 1 fully saturated rings. The summed E-state index contributed by atoms with van der Waals surface area (Å²) in [7, 11) is 0. The van der Waals surface area contributed by atoms with E-state index in [9.17, 15) is 9.50 Å². The van der Waals surface area contributed by atoms with E-state index in [4.69, 9.17) is 14.6 Å². The molecule has 164 valence electrons. The Kier molecular flexibility index (Phi) is 8.78. The van der Waals surface area contributed by atoms with Crippen LogP contribution in [0.15, 0.2) is 42.5 Å². The minimum atomic E-state index is -0.745. The number of rotatable bonds is 11. The van der Waals surface area contributed by atoms with Crippen molar-refractivity contribution in [1.29, 1.82) is 0 Å². The van der Waals surface area contributed by atoms with Crippen molar-refractivity contribution in [1.82, 2.24) is 5.32 Å². The molecule has 1 aliphatic rings. The summed E-state index contributed by atoms with van der Waals surface area (Å²) in [5.41, 5.74) is 1.21. The molecule has 30 heavy (non-hydrogen) atoms. The van der Waals surface area contributed by atoms with Crippen molar-refractivity contribution in [2.24, 2.45) is 5.92 Å². The van der Waals surface area contributed by atoms with Crippen LogP contribution in [0.25, 0.3) is 0 Å². The largest absolute Gasteiger partial charge is 0.505 e. The molecule has 1 saturated carbocycles. The van der Waals surface area contributed by atoms with Crippen molar-refractivity contribution in [3.8, 4) is 17.2 Å². The molecule has 0 heterocycles. The molecule has 2 aromatic rings. The second-order valence-corrected chi connectivity index (χ2v) is 7.99. The van der Waals surface area contributed by atoms with Crippen LogP contribution in [0.5, 0.6) is 17.2 Å². The van der Waals surface area contributed by atoms with Gasteiger partial charge in [0.15, 0.2) is 11.6 Å². The zero-order chi connectivity index (χ0) is 21.2. The molecule has 1 aliphatic carbocycles. The van der Waals surface area contributed by atoms with Gasteiger partial charge in [0, 0.05) is 12.6 Å². The van der Waals surface area contributed by atoms with E-state index in [1.165, 1.54) is 49.8 Å². The molecule has 0 bridgehead atoms. The third-order valence-corrected chi connectivity index (χ3v) is 5.47. The number of halogens is 1. The number of hydrogen-bond acceptors (Lipinski definition) is 5. The van der Waals surface area contributed by atoms with Gasteiger partial charge in [-0.3, -0.25) is 0 Å². The highest BCUT2D eigenvalue weighted by atomic mass is 19.1. The van der Waals surface area contributed by atoms with Crippen molar-refractivity contribution in [2.75, 3.05) is 26.3 Å². The third-order valence-electron chi connectivity index (χ3n) is 5.47. The van der Waals surface area contributed by atoms with E-state index in [0.717, 1.165) is 31.4 Å². The van der Waals surface area contributed by atoms with Gasteiger partial charge in [0.05, 0.1) is 6.61 Å². The molecule has 5 nitrogen and oxygen atoms in total. The van der Waals surface area contributed by atoms with Crippen LogP contribution < -0.4 is 14.8 Å². The Morgan fingerprint density at radius 1 is 1.00 bits per heavy atom. The fourth-order valence-electron chi connectivity index (χ4n) is 3.65. The summed E-state index contributed by atoms with van der Waals surface area (Å²) in [5.74, 6) is 0.732. The topological polar surface area (TPSA) is 71.0 Å². The molecular weight excluding hydrogens is 385 g/mol. The Morgan fingerprint density at radius 3 is 2.47 bits per heavy atom. The number of aliphatic hydroxyl groups is 1. The monoisotopic (exact) mass is 417 g/mol. The number of aliphatic hydroxyl groups excluding tert-OH is 1. The molecule has 0 aliphatic heterocycles. The van der Waals surface area contributed by atoms with Crippen LogP contribution in [-0.4, -0.2) is 42.6 Å². The maximum atomic E-state index is 13.3. The average Bonchev–Trinajstić information content (AvgIpc) is 2.77. The molecular formula is C24H32FNO4. The maximum absolute atomic E-state index is 13.3. The van der Waals surface area contributed by atoms with Gasteiger partial charge in [-0.05, 0) is 61.6 Å². The highest BCUT2D eigenvalue weighted by molar-refractivity contribution is 5.32. The quantitative estimate of drug-likeness (QED) is 0.481. The smallest absolute Gasteiger partial charge is 0.168 e. The van der Waals surface area contributed by atoms with Crippen LogP contribution in [0.3, 0.4) is 0 Å². The van der Waals surface area contributed by atoms with Crippen LogP contribution in [0, 0.1) is 11.7 Å². The standard InChI is InChI=1S/C24H32FNO4/c25-23-14-22(10-11-24(23)28)30-17-20(27)15-26-13-12-18-6-8-21(9-7-18)29-16-19-4-2-1-3-5-19/h6-11,14,19-20,26-28H,1-5,12-13,15-17H2/t20-/m0/s1. The fraction of sp³-hybridized carbons (Fsp3) is 0.500. The number of aromatic hydroxyl groups is 1. The first-order chi connectivity index (χ1) is 14.6. The number of phenols is 1. The lowest BCUT2D eigenvalue weighted by Gasteiger charge is -2.21. The van der Waals surface area contributed by atoms with Gasteiger partial charge in [0.2, 0.25) is 0 Å². The molecule has 0 radical (unpaired) electrons. The molecule has 3 rings (SSSR count). The normalized spacial score (nSPS) is 15.7. The van der Waals surface area contributed by atoms with Crippen molar-refractivity contribution >= 4 is 0 Å². The molecule has 0 amide bonds. The number of phenolic OH excluding ortho intramolecular Hbond substituents is 1. The Hall–Kier alpha value is -2.31. The van der Waals surface area contributed by atoms with Gasteiger partial charge >= 0.3 is 0 Å². The molecule has 1 atom stereocenters. The highest BCUT2D eigenvalue weighted by Crippen LogP contribution is 2.25. The van der Waals surface area contributed by atoms with E-state index >= 15 is 0 Å². The van der Waals surface area contributed by atoms with Gasteiger partial charge in [0.1, 0.15) is 24.2 Å². The van der Waals surface area contributed by atoms with Gasteiger partial charge in [-0.15, -0.1) is 0 Å². The van der Waals surface area contributed by atoms with Crippen LogP contribution in [0.2, 0.25) is 0 Å². The number of benzene rings is 2. The van der Waals surface area contributed by atoms with E-state index in [2.05, 4.69) is 17.4 Å². The Bertz CT molecular complexity index is 762. The summed E-state index contributed by atoms with van der Waals surface area (Å²) >= 11 is 0. The molecule has 0 aromatic heterocycles. The molecule has 0 unspecified atom stereocenters. The van der Waals surface area contributed by atoms with E-state index in [-0.39, 0.29) is 12.4 Å². The van der Waals surface area contributed by atoms with Crippen molar-refractivity contribution < 1.29 is 24.1 Å². The summed E-state index contributed by atoms with van der Waals surface area (Å²) in [4.78, 5) is 0. The molecule has 6 heteroatoms. The number of nitrogens with one attached hydrogen (secondary N) is 1. The Morgan fingerprint density at radius 2 is 1.73 bits per heavy atom. The fourth-order valence-corrected chi connectivity index (χ4v) is 3.65. The summed E-state index contributed by atoms with van der Waals surface area (Å²) < 4.78 is 24.5. The maximum Gasteiger partial charge on any atom is 0.168 e. The predicted molar refractivity (Wildman–Crippen MR) is 115 cm³/mol. The van der Waals surface area contributed by atoms with Gasteiger partial charge in [-0.25, -0.2) is 4.39 Å². The molecule has 0 saturated heterocycles. The zero-order valence-corrected chi connectivity index (χ0v) is 17.4. The van der Waals surface area contributed by atoms with Crippen molar-refractivity contribution in [2.45, 2.75) is 44.6 Å². The second kappa shape index (κ2) is 11.8. The highest BCUT2D eigenvalue weighted by Gasteiger charge is 2.14. The lowest BCUT2D eigenvalue weighted by atomic mass is 9.90. The van der Waals surface area contributed by atoms with Crippen molar-refractivity contribution in [3.63, 3.8) is 0 Å². The first kappa shape index (κ1) is 22.4. The van der Waals surface area contributed by atoms with Gasteiger partial charge in [-0.2, -0.15) is 0 Å². The minimum absolute atomic E-state index is 0.0459. The Balaban J connectivity index is 1.28. The molecule has 0 spiro atoms. The van der Waals surface area contributed by atoms with Crippen LogP contribution >= 0.6 is 0 Å². The average molecular weight is 418 g/mol.